The molecule has 21 heavy (non-hydrogen) atoms. The predicted molar refractivity (Wildman–Crippen MR) is 85.4 cm³/mol. The van der Waals surface area contributed by atoms with Crippen molar-refractivity contribution in [1.82, 2.24) is 18.8 Å². The van der Waals surface area contributed by atoms with E-state index in [1.807, 2.05) is 7.05 Å². The van der Waals surface area contributed by atoms with E-state index in [4.69, 9.17) is 0 Å². The molecule has 0 aromatic carbocycles. The lowest BCUT2D eigenvalue weighted by atomic mass is 9.98. The fourth-order valence-corrected chi connectivity index (χ4v) is 4.87. The lowest BCUT2D eigenvalue weighted by Crippen LogP contribution is -2.55. The maximum atomic E-state index is 12.7. The summed E-state index contributed by atoms with van der Waals surface area (Å²) < 4.78 is 28.8. The second-order valence-electron chi connectivity index (χ2n) is 6.44. The number of rotatable bonds is 5. The van der Waals surface area contributed by atoms with Gasteiger partial charge in [-0.2, -0.15) is 17.0 Å². The number of hydrogen-bond donors (Lipinski definition) is 1. The van der Waals surface area contributed by atoms with Crippen molar-refractivity contribution in [2.75, 3.05) is 52.9 Å². The van der Waals surface area contributed by atoms with Gasteiger partial charge in [0.25, 0.3) is 10.2 Å². The van der Waals surface area contributed by atoms with Gasteiger partial charge in [-0.05, 0) is 46.2 Å². The standard InChI is InChI=1S/C14H30N4O2S/c1-13(2)16-8-10-18(11-9-16)21(19,20)17-6-4-14(5-7-17)12-15-3/h13-15H,4-12H2,1-3H3. The first kappa shape index (κ1) is 17.1. The van der Waals surface area contributed by atoms with Gasteiger partial charge in [0.05, 0.1) is 0 Å². The Kier molecular flexibility index (Phi) is 6.02. The van der Waals surface area contributed by atoms with Gasteiger partial charge in [-0.3, -0.25) is 4.90 Å². The minimum absolute atomic E-state index is 0.493. The Bertz CT molecular complexity index is 411. The largest absolute Gasteiger partial charge is 0.319 e. The van der Waals surface area contributed by atoms with Crippen molar-refractivity contribution in [2.45, 2.75) is 32.7 Å². The summed E-state index contributed by atoms with van der Waals surface area (Å²) in [5.41, 5.74) is 0. The molecule has 0 saturated carbocycles. The van der Waals surface area contributed by atoms with E-state index in [-0.39, 0.29) is 0 Å². The molecule has 2 fully saturated rings. The quantitative estimate of drug-likeness (QED) is 0.786. The van der Waals surface area contributed by atoms with Gasteiger partial charge in [-0.25, -0.2) is 0 Å². The van der Waals surface area contributed by atoms with E-state index in [0.29, 0.717) is 38.1 Å². The first-order valence-electron chi connectivity index (χ1n) is 8.09. The average Bonchev–Trinajstić information content (AvgIpc) is 2.48. The molecule has 6 nitrogen and oxygen atoms in total. The van der Waals surface area contributed by atoms with Crippen molar-refractivity contribution in [1.29, 1.82) is 0 Å². The van der Waals surface area contributed by atoms with Gasteiger partial charge in [-0.15, -0.1) is 0 Å². The first-order chi connectivity index (χ1) is 9.95. The molecule has 124 valence electrons. The van der Waals surface area contributed by atoms with Crippen LogP contribution in [-0.4, -0.2) is 80.8 Å². The van der Waals surface area contributed by atoms with Crippen LogP contribution in [0.25, 0.3) is 0 Å². The number of nitrogens with zero attached hydrogens (tertiary/aromatic N) is 3. The number of piperazine rings is 1. The minimum Gasteiger partial charge on any atom is -0.319 e. The molecule has 7 heteroatoms. The lowest BCUT2D eigenvalue weighted by molar-refractivity contribution is 0.146. The molecule has 0 atom stereocenters. The van der Waals surface area contributed by atoms with Crippen molar-refractivity contribution in [2.24, 2.45) is 5.92 Å². The predicted octanol–water partition coefficient (Wildman–Crippen LogP) is 0.189. The Morgan fingerprint density at radius 1 is 1.00 bits per heavy atom. The molecule has 2 aliphatic heterocycles. The molecule has 0 bridgehead atoms. The fraction of sp³-hybridized carbons (Fsp3) is 1.00. The second-order valence-corrected chi connectivity index (χ2v) is 8.37. The SMILES string of the molecule is CNCC1CCN(S(=O)(=O)N2CCN(C(C)C)CC2)CC1. The van der Waals surface area contributed by atoms with Gasteiger partial charge >= 0.3 is 0 Å². The zero-order chi connectivity index (χ0) is 15.5. The van der Waals surface area contributed by atoms with Crippen molar-refractivity contribution in [3.05, 3.63) is 0 Å². The Balaban J connectivity index is 1.88. The molecule has 0 aliphatic carbocycles. The molecule has 0 aromatic rings. The van der Waals surface area contributed by atoms with Gasteiger partial charge in [0, 0.05) is 45.3 Å². The second kappa shape index (κ2) is 7.37. The normalized spacial score (nSPS) is 24.8. The summed E-state index contributed by atoms with van der Waals surface area (Å²) in [6.07, 6.45) is 1.93. The van der Waals surface area contributed by atoms with E-state index in [9.17, 15) is 8.42 Å². The molecule has 2 rings (SSSR count). The molecule has 0 spiro atoms. The van der Waals surface area contributed by atoms with Crippen LogP contribution in [0.4, 0.5) is 0 Å². The van der Waals surface area contributed by atoms with E-state index in [0.717, 1.165) is 32.5 Å². The molecule has 2 aliphatic rings. The summed E-state index contributed by atoms with van der Waals surface area (Å²) >= 11 is 0. The van der Waals surface area contributed by atoms with Gasteiger partial charge < -0.3 is 5.32 Å². The Hall–Kier alpha value is -0.210. The molecule has 0 aromatic heterocycles. The minimum atomic E-state index is -3.25. The third-order valence-corrected chi connectivity index (χ3v) is 6.76. The maximum Gasteiger partial charge on any atom is 0.282 e. The van der Waals surface area contributed by atoms with Crippen molar-refractivity contribution in [3.63, 3.8) is 0 Å². The molecule has 0 radical (unpaired) electrons. The Labute approximate surface area is 129 Å². The van der Waals surface area contributed by atoms with Crippen LogP contribution in [0.15, 0.2) is 0 Å². The Morgan fingerprint density at radius 2 is 1.52 bits per heavy atom. The summed E-state index contributed by atoms with van der Waals surface area (Å²) in [6.45, 7) is 9.57. The number of nitrogens with one attached hydrogen (secondary N) is 1. The van der Waals surface area contributed by atoms with E-state index in [2.05, 4.69) is 24.1 Å². The molecule has 2 heterocycles. The van der Waals surface area contributed by atoms with Crippen LogP contribution in [0.1, 0.15) is 26.7 Å². The number of piperidine rings is 1. The van der Waals surface area contributed by atoms with E-state index < -0.39 is 10.2 Å². The summed E-state index contributed by atoms with van der Waals surface area (Å²) in [4.78, 5) is 2.34. The highest BCUT2D eigenvalue weighted by atomic mass is 32.2. The van der Waals surface area contributed by atoms with Crippen molar-refractivity contribution in [3.8, 4) is 0 Å². The van der Waals surface area contributed by atoms with Gasteiger partial charge in [0.1, 0.15) is 0 Å². The summed E-state index contributed by atoms with van der Waals surface area (Å²) in [5, 5.41) is 3.19. The maximum absolute atomic E-state index is 12.7. The van der Waals surface area contributed by atoms with Gasteiger partial charge in [0.2, 0.25) is 0 Å². The molecular weight excluding hydrogens is 288 g/mol. The summed E-state index contributed by atoms with van der Waals surface area (Å²) in [7, 11) is -1.30. The third kappa shape index (κ3) is 4.16. The highest BCUT2D eigenvalue weighted by Crippen LogP contribution is 2.22. The first-order valence-corrected chi connectivity index (χ1v) is 9.48. The molecule has 1 N–H and O–H groups in total. The van der Waals surface area contributed by atoms with Crippen LogP contribution in [0, 0.1) is 5.92 Å². The van der Waals surface area contributed by atoms with Gasteiger partial charge in [-0.1, -0.05) is 0 Å². The Morgan fingerprint density at radius 3 is 2.00 bits per heavy atom. The zero-order valence-corrected chi connectivity index (χ0v) is 14.4. The van der Waals surface area contributed by atoms with Crippen LogP contribution in [0.2, 0.25) is 0 Å². The summed E-state index contributed by atoms with van der Waals surface area (Å²) in [6, 6.07) is 0.493. The lowest BCUT2D eigenvalue weighted by Gasteiger charge is -2.40. The van der Waals surface area contributed by atoms with Crippen molar-refractivity contribution >= 4 is 10.2 Å². The van der Waals surface area contributed by atoms with Crippen LogP contribution >= 0.6 is 0 Å². The van der Waals surface area contributed by atoms with Crippen molar-refractivity contribution < 1.29 is 8.42 Å². The smallest absolute Gasteiger partial charge is 0.282 e. The number of hydrogen-bond acceptors (Lipinski definition) is 4. The van der Waals surface area contributed by atoms with Crippen LogP contribution in [0.3, 0.4) is 0 Å². The summed E-state index contributed by atoms with van der Waals surface area (Å²) in [5.74, 6) is 0.610. The van der Waals surface area contributed by atoms with Crippen LogP contribution in [0.5, 0.6) is 0 Å². The molecule has 0 amide bonds. The topological polar surface area (TPSA) is 55.9 Å². The van der Waals surface area contributed by atoms with E-state index in [1.165, 1.54) is 0 Å². The van der Waals surface area contributed by atoms with E-state index in [1.54, 1.807) is 8.61 Å². The highest BCUT2D eigenvalue weighted by molar-refractivity contribution is 7.86. The van der Waals surface area contributed by atoms with Crippen LogP contribution < -0.4 is 5.32 Å². The molecule has 0 unspecified atom stereocenters. The zero-order valence-electron chi connectivity index (χ0n) is 13.6. The molecular formula is C14H30N4O2S. The van der Waals surface area contributed by atoms with Crippen LogP contribution in [-0.2, 0) is 10.2 Å². The fourth-order valence-electron chi connectivity index (χ4n) is 3.25. The third-order valence-electron chi connectivity index (χ3n) is 4.72. The van der Waals surface area contributed by atoms with E-state index >= 15 is 0 Å². The highest BCUT2D eigenvalue weighted by Gasteiger charge is 2.34. The average molecular weight is 318 g/mol. The van der Waals surface area contributed by atoms with Gasteiger partial charge in [0.15, 0.2) is 0 Å². The monoisotopic (exact) mass is 318 g/mol. The molecule has 2 saturated heterocycles.